The van der Waals surface area contributed by atoms with Crippen molar-refractivity contribution in [3.05, 3.63) is 41.5 Å². The molecule has 0 spiro atoms. The Morgan fingerprint density at radius 2 is 2.13 bits per heavy atom. The predicted molar refractivity (Wildman–Crippen MR) is 61.7 cm³/mol. The highest BCUT2D eigenvalue weighted by molar-refractivity contribution is 6.09. The molecular formula is C13H15NO. The van der Waals surface area contributed by atoms with Gasteiger partial charge in [0.15, 0.2) is 5.78 Å². The number of ketones is 1. The Morgan fingerprint density at radius 3 is 2.80 bits per heavy atom. The van der Waals surface area contributed by atoms with Gasteiger partial charge in [0.05, 0.1) is 0 Å². The maximum Gasteiger partial charge on any atom is 0.188 e. The number of anilines is 1. The van der Waals surface area contributed by atoms with Gasteiger partial charge in [-0.05, 0) is 43.4 Å². The van der Waals surface area contributed by atoms with Gasteiger partial charge in [-0.25, -0.2) is 0 Å². The van der Waals surface area contributed by atoms with E-state index in [-0.39, 0.29) is 5.78 Å². The van der Waals surface area contributed by atoms with Crippen LogP contribution in [0, 0.1) is 0 Å². The van der Waals surface area contributed by atoms with Crippen LogP contribution in [0.4, 0.5) is 5.69 Å². The van der Waals surface area contributed by atoms with Crippen LogP contribution in [0.15, 0.2) is 35.9 Å². The van der Waals surface area contributed by atoms with Crippen LogP contribution in [0.3, 0.4) is 0 Å². The Hall–Kier alpha value is -1.57. The fourth-order valence-electron chi connectivity index (χ4n) is 1.91. The SMILES string of the molecule is Nc1cccc(C(=O)C2=CCCCC2)c1. The van der Waals surface area contributed by atoms with Crippen molar-refractivity contribution in [2.24, 2.45) is 0 Å². The molecule has 0 radical (unpaired) electrons. The Morgan fingerprint density at radius 1 is 1.27 bits per heavy atom. The number of carbonyl (C=O) groups is 1. The van der Waals surface area contributed by atoms with E-state index in [0.29, 0.717) is 11.3 Å². The van der Waals surface area contributed by atoms with E-state index in [0.717, 1.165) is 24.8 Å². The third-order valence-electron chi connectivity index (χ3n) is 2.73. The molecule has 0 saturated heterocycles. The lowest BCUT2D eigenvalue weighted by Crippen LogP contribution is -2.06. The number of carbonyl (C=O) groups excluding carboxylic acids is 1. The molecule has 2 N–H and O–H groups in total. The molecule has 0 unspecified atom stereocenters. The van der Waals surface area contributed by atoms with Crippen molar-refractivity contribution in [2.75, 3.05) is 5.73 Å². The second kappa shape index (κ2) is 4.30. The number of nitrogen functional groups attached to an aromatic ring is 1. The van der Waals surface area contributed by atoms with Crippen LogP contribution in [0.2, 0.25) is 0 Å². The fourth-order valence-corrected chi connectivity index (χ4v) is 1.91. The number of allylic oxidation sites excluding steroid dienone is 2. The lowest BCUT2D eigenvalue weighted by molar-refractivity contribution is 0.102. The normalized spacial score (nSPS) is 15.9. The number of rotatable bonds is 2. The summed E-state index contributed by atoms with van der Waals surface area (Å²) in [5.41, 5.74) is 7.97. The van der Waals surface area contributed by atoms with Gasteiger partial charge < -0.3 is 5.73 Å². The molecule has 0 fully saturated rings. The summed E-state index contributed by atoms with van der Waals surface area (Å²) >= 11 is 0. The molecule has 1 aromatic rings. The summed E-state index contributed by atoms with van der Waals surface area (Å²) in [7, 11) is 0. The van der Waals surface area contributed by atoms with Gasteiger partial charge in [-0.15, -0.1) is 0 Å². The molecule has 0 heterocycles. The van der Waals surface area contributed by atoms with Gasteiger partial charge in [-0.1, -0.05) is 18.2 Å². The minimum atomic E-state index is 0.141. The molecule has 1 aromatic carbocycles. The molecule has 0 amide bonds. The number of benzene rings is 1. The number of hydrogen-bond acceptors (Lipinski definition) is 2. The summed E-state index contributed by atoms with van der Waals surface area (Å²) in [6, 6.07) is 7.20. The van der Waals surface area contributed by atoms with Crippen molar-refractivity contribution in [3.8, 4) is 0 Å². The van der Waals surface area contributed by atoms with Crippen LogP contribution in [0.25, 0.3) is 0 Å². The molecule has 78 valence electrons. The molecule has 1 aliphatic rings. The summed E-state index contributed by atoms with van der Waals surface area (Å²) in [4.78, 5) is 12.0. The molecule has 0 aromatic heterocycles. The van der Waals surface area contributed by atoms with Crippen LogP contribution in [0.1, 0.15) is 36.0 Å². The molecule has 2 rings (SSSR count). The molecule has 0 saturated carbocycles. The zero-order valence-corrected chi connectivity index (χ0v) is 8.70. The smallest absolute Gasteiger partial charge is 0.188 e. The second-order valence-corrected chi connectivity index (χ2v) is 3.93. The van der Waals surface area contributed by atoms with Crippen LogP contribution < -0.4 is 5.73 Å². The van der Waals surface area contributed by atoms with E-state index in [1.165, 1.54) is 6.42 Å². The van der Waals surface area contributed by atoms with Gasteiger partial charge in [0.1, 0.15) is 0 Å². The molecule has 2 heteroatoms. The Balaban J connectivity index is 2.24. The molecule has 1 aliphatic carbocycles. The van der Waals surface area contributed by atoms with Crippen LogP contribution >= 0.6 is 0 Å². The Labute approximate surface area is 89.8 Å². The van der Waals surface area contributed by atoms with E-state index in [2.05, 4.69) is 6.08 Å². The molecular weight excluding hydrogens is 186 g/mol. The first-order chi connectivity index (χ1) is 7.27. The maximum absolute atomic E-state index is 12.0. The first kappa shape index (κ1) is 9.97. The highest BCUT2D eigenvalue weighted by Crippen LogP contribution is 2.21. The molecule has 0 atom stereocenters. The van der Waals surface area contributed by atoms with Gasteiger partial charge in [0.25, 0.3) is 0 Å². The number of nitrogens with two attached hydrogens (primary N) is 1. The minimum absolute atomic E-state index is 0.141. The van der Waals surface area contributed by atoms with E-state index < -0.39 is 0 Å². The first-order valence-corrected chi connectivity index (χ1v) is 5.36. The third kappa shape index (κ3) is 2.27. The minimum Gasteiger partial charge on any atom is -0.399 e. The number of hydrogen-bond donors (Lipinski definition) is 1. The van der Waals surface area contributed by atoms with Crippen molar-refractivity contribution >= 4 is 11.5 Å². The maximum atomic E-state index is 12.0. The highest BCUT2D eigenvalue weighted by Gasteiger charge is 2.14. The van der Waals surface area contributed by atoms with Crippen LogP contribution in [-0.4, -0.2) is 5.78 Å². The Kier molecular flexibility index (Phi) is 2.86. The zero-order chi connectivity index (χ0) is 10.7. The van der Waals surface area contributed by atoms with Crippen molar-refractivity contribution in [3.63, 3.8) is 0 Å². The summed E-state index contributed by atoms with van der Waals surface area (Å²) in [5, 5.41) is 0. The molecule has 0 aliphatic heterocycles. The largest absolute Gasteiger partial charge is 0.399 e. The van der Waals surface area contributed by atoms with Crippen molar-refractivity contribution in [2.45, 2.75) is 25.7 Å². The van der Waals surface area contributed by atoms with E-state index in [9.17, 15) is 4.79 Å². The summed E-state index contributed by atoms with van der Waals surface area (Å²) in [6.07, 6.45) is 6.33. The topological polar surface area (TPSA) is 43.1 Å². The molecule has 0 bridgehead atoms. The van der Waals surface area contributed by atoms with Crippen molar-refractivity contribution < 1.29 is 4.79 Å². The van der Waals surface area contributed by atoms with Gasteiger partial charge in [-0.3, -0.25) is 4.79 Å². The van der Waals surface area contributed by atoms with Crippen LogP contribution in [-0.2, 0) is 0 Å². The average molecular weight is 201 g/mol. The van der Waals surface area contributed by atoms with Gasteiger partial charge in [0.2, 0.25) is 0 Å². The van der Waals surface area contributed by atoms with Crippen molar-refractivity contribution in [1.82, 2.24) is 0 Å². The molecule has 15 heavy (non-hydrogen) atoms. The highest BCUT2D eigenvalue weighted by atomic mass is 16.1. The lowest BCUT2D eigenvalue weighted by Gasteiger charge is -2.11. The van der Waals surface area contributed by atoms with E-state index in [1.807, 2.05) is 12.1 Å². The lowest BCUT2D eigenvalue weighted by atomic mass is 9.93. The van der Waals surface area contributed by atoms with E-state index in [1.54, 1.807) is 12.1 Å². The van der Waals surface area contributed by atoms with Crippen molar-refractivity contribution in [1.29, 1.82) is 0 Å². The third-order valence-corrected chi connectivity index (χ3v) is 2.73. The van der Waals surface area contributed by atoms with E-state index >= 15 is 0 Å². The predicted octanol–water partition coefficient (Wildman–Crippen LogP) is 2.95. The summed E-state index contributed by atoms with van der Waals surface area (Å²) < 4.78 is 0. The average Bonchev–Trinajstić information content (AvgIpc) is 2.29. The van der Waals surface area contributed by atoms with Crippen LogP contribution in [0.5, 0.6) is 0 Å². The van der Waals surface area contributed by atoms with Gasteiger partial charge >= 0.3 is 0 Å². The molecule has 2 nitrogen and oxygen atoms in total. The van der Waals surface area contributed by atoms with Gasteiger partial charge in [-0.2, -0.15) is 0 Å². The first-order valence-electron chi connectivity index (χ1n) is 5.36. The number of Topliss-reactive ketones (excluding diaryl/α,β-unsaturated/α-hetero) is 1. The zero-order valence-electron chi connectivity index (χ0n) is 8.70. The summed E-state index contributed by atoms with van der Waals surface area (Å²) in [5.74, 6) is 0.141. The van der Waals surface area contributed by atoms with Gasteiger partial charge in [0, 0.05) is 11.3 Å². The summed E-state index contributed by atoms with van der Waals surface area (Å²) in [6.45, 7) is 0. The Bertz CT molecular complexity index is 407. The fraction of sp³-hybridized carbons (Fsp3) is 0.308. The monoisotopic (exact) mass is 201 g/mol. The van der Waals surface area contributed by atoms with E-state index in [4.69, 9.17) is 5.73 Å². The second-order valence-electron chi connectivity index (χ2n) is 3.93. The standard InChI is InChI=1S/C13H15NO/c14-12-8-4-7-11(9-12)13(15)10-5-2-1-3-6-10/h4-5,7-9H,1-3,6,14H2. The quantitative estimate of drug-likeness (QED) is 0.590.